The maximum atomic E-state index is 4.56. The molecule has 110 valence electrons. The van der Waals surface area contributed by atoms with E-state index in [1.165, 1.54) is 16.9 Å². The first-order valence-corrected chi connectivity index (χ1v) is 7.84. The summed E-state index contributed by atoms with van der Waals surface area (Å²) in [5.74, 6) is 0. The van der Waals surface area contributed by atoms with E-state index in [9.17, 15) is 0 Å². The average Bonchev–Trinajstić information content (AvgIpc) is 3.03. The number of pyridine rings is 1. The van der Waals surface area contributed by atoms with Gasteiger partial charge in [0.05, 0.1) is 17.1 Å². The second kappa shape index (κ2) is 6.49. The van der Waals surface area contributed by atoms with Crippen LogP contribution in [0.3, 0.4) is 0 Å². The number of benzene rings is 1. The van der Waals surface area contributed by atoms with Crippen molar-refractivity contribution in [2.24, 2.45) is 5.10 Å². The molecule has 0 radical (unpaired) electrons. The molecule has 5 heteroatoms. The van der Waals surface area contributed by atoms with Gasteiger partial charge in [0.2, 0.25) is 5.13 Å². The van der Waals surface area contributed by atoms with Crippen LogP contribution in [0.4, 0.5) is 5.13 Å². The van der Waals surface area contributed by atoms with Crippen molar-refractivity contribution in [3.8, 4) is 11.3 Å². The Balaban J connectivity index is 1.73. The Morgan fingerprint density at radius 2 is 1.95 bits per heavy atom. The van der Waals surface area contributed by atoms with Crippen LogP contribution in [0.5, 0.6) is 0 Å². The second-order valence-corrected chi connectivity index (χ2v) is 5.79. The van der Waals surface area contributed by atoms with Gasteiger partial charge in [-0.05, 0) is 26.0 Å². The maximum Gasteiger partial charge on any atom is 0.203 e. The molecule has 0 spiro atoms. The van der Waals surface area contributed by atoms with Gasteiger partial charge in [-0.2, -0.15) is 5.10 Å². The lowest BCUT2D eigenvalue weighted by molar-refractivity contribution is 1.23. The molecule has 0 aliphatic rings. The van der Waals surface area contributed by atoms with E-state index in [1.807, 2.05) is 30.5 Å². The first-order valence-electron chi connectivity index (χ1n) is 6.96. The first kappa shape index (κ1) is 14.4. The van der Waals surface area contributed by atoms with Crippen LogP contribution in [0.2, 0.25) is 0 Å². The SMILES string of the molecule is C/C(=N/Nc1nc(-c2ccc(C)cc2)cs1)c1ccccn1. The lowest BCUT2D eigenvalue weighted by Gasteiger charge is -2.00. The van der Waals surface area contributed by atoms with E-state index in [1.54, 1.807) is 6.20 Å². The normalized spacial score (nSPS) is 11.5. The molecule has 2 aromatic heterocycles. The molecule has 0 amide bonds. The number of anilines is 1. The molecule has 0 unspecified atom stereocenters. The standard InChI is InChI=1S/C17H16N4S/c1-12-6-8-14(9-7-12)16-11-22-17(19-16)21-20-13(2)15-5-3-4-10-18-15/h3-11H,1-2H3,(H,19,21)/b20-13-. The van der Waals surface area contributed by atoms with Gasteiger partial charge in [-0.3, -0.25) is 10.4 Å². The quantitative estimate of drug-likeness (QED) is 0.576. The lowest BCUT2D eigenvalue weighted by Crippen LogP contribution is -2.01. The van der Waals surface area contributed by atoms with Crippen LogP contribution in [0, 0.1) is 6.92 Å². The summed E-state index contributed by atoms with van der Waals surface area (Å²) in [6.07, 6.45) is 1.76. The third-order valence-corrected chi connectivity index (χ3v) is 3.95. The molecule has 3 rings (SSSR count). The highest BCUT2D eigenvalue weighted by Gasteiger charge is 2.04. The molecular weight excluding hydrogens is 292 g/mol. The minimum atomic E-state index is 0.769. The van der Waals surface area contributed by atoms with Crippen LogP contribution in [-0.4, -0.2) is 15.7 Å². The Labute approximate surface area is 133 Å². The topological polar surface area (TPSA) is 50.2 Å². The van der Waals surface area contributed by atoms with Crippen LogP contribution < -0.4 is 5.43 Å². The third-order valence-electron chi connectivity index (χ3n) is 3.21. The molecule has 0 fully saturated rings. The van der Waals surface area contributed by atoms with E-state index >= 15 is 0 Å². The van der Waals surface area contributed by atoms with E-state index in [-0.39, 0.29) is 0 Å². The highest BCUT2D eigenvalue weighted by atomic mass is 32.1. The predicted molar refractivity (Wildman–Crippen MR) is 92.4 cm³/mol. The molecule has 4 nitrogen and oxygen atoms in total. The van der Waals surface area contributed by atoms with Gasteiger partial charge in [0.15, 0.2) is 0 Å². The number of hydrogen-bond donors (Lipinski definition) is 1. The van der Waals surface area contributed by atoms with E-state index < -0.39 is 0 Å². The molecule has 0 saturated carbocycles. The van der Waals surface area contributed by atoms with Crippen LogP contribution in [0.25, 0.3) is 11.3 Å². The van der Waals surface area contributed by atoms with Gasteiger partial charge in [0.1, 0.15) is 0 Å². The summed E-state index contributed by atoms with van der Waals surface area (Å²) in [7, 11) is 0. The second-order valence-electron chi connectivity index (χ2n) is 4.93. The van der Waals surface area contributed by atoms with Crippen molar-refractivity contribution in [1.29, 1.82) is 0 Å². The fourth-order valence-corrected chi connectivity index (χ4v) is 2.61. The fourth-order valence-electron chi connectivity index (χ4n) is 1.95. The molecule has 0 atom stereocenters. The van der Waals surface area contributed by atoms with Crippen molar-refractivity contribution in [2.75, 3.05) is 5.43 Å². The number of nitrogens with zero attached hydrogens (tertiary/aromatic N) is 3. The molecule has 22 heavy (non-hydrogen) atoms. The van der Waals surface area contributed by atoms with Gasteiger partial charge < -0.3 is 0 Å². The first-order chi connectivity index (χ1) is 10.7. The Morgan fingerprint density at radius 1 is 1.14 bits per heavy atom. The number of thiazole rings is 1. The number of hydrazone groups is 1. The highest BCUT2D eigenvalue weighted by Crippen LogP contribution is 2.25. The van der Waals surface area contributed by atoms with Crippen molar-refractivity contribution < 1.29 is 0 Å². The van der Waals surface area contributed by atoms with E-state index in [4.69, 9.17) is 0 Å². The molecular formula is C17H16N4S. The summed E-state index contributed by atoms with van der Waals surface area (Å²) in [5.41, 5.74) is 7.99. The zero-order valence-corrected chi connectivity index (χ0v) is 13.3. The summed E-state index contributed by atoms with van der Waals surface area (Å²) in [5, 5.41) is 7.13. The predicted octanol–water partition coefficient (Wildman–Crippen LogP) is 4.35. The summed E-state index contributed by atoms with van der Waals surface area (Å²) in [4.78, 5) is 8.82. The number of hydrogen-bond acceptors (Lipinski definition) is 5. The van der Waals surface area contributed by atoms with Gasteiger partial charge >= 0.3 is 0 Å². The molecule has 1 N–H and O–H groups in total. The number of nitrogens with one attached hydrogen (secondary N) is 1. The Kier molecular flexibility index (Phi) is 4.25. The van der Waals surface area contributed by atoms with Crippen molar-refractivity contribution in [3.63, 3.8) is 0 Å². The lowest BCUT2D eigenvalue weighted by atomic mass is 10.1. The maximum absolute atomic E-state index is 4.56. The molecule has 3 aromatic rings. The van der Waals surface area contributed by atoms with Gasteiger partial charge in [0, 0.05) is 17.1 Å². The van der Waals surface area contributed by atoms with E-state index in [0.717, 1.165) is 27.8 Å². The van der Waals surface area contributed by atoms with Crippen LogP contribution in [-0.2, 0) is 0 Å². The number of aromatic nitrogens is 2. The van der Waals surface area contributed by atoms with Crippen molar-refractivity contribution >= 4 is 22.2 Å². The Hall–Kier alpha value is -2.53. The largest absolute Gasteiger partial charge is 0.255 e. The summed E-state index contributed by atoms with van der Waals surface area (Å²) in [6, 6.07) is 14.1. The molecule has 0 saturated heterocycles. The third kappa shape index (κ3) is 3.38. The minimum absolute atomic E-state index is 0.769. The van der Waals surface area contributed by atoms with Crippen LogP contribution in [0.1, 0.15) is 18.2 Å². The molecule has 0 aliphatic heterocycles. The summed E-state index contributed by atoms with van der Waals surface area (Å²) < 4.78 is 0. The van der Waals surface area contributed by atoms with Crippen molar-refractivity contribution in [2.45, 2.75) is 13.8 Å². The van der Waals surface area contributed by atoms with Crippen molar-refractivity contribution in [3.05, 3.63) is 65.3 Å². The molecule has 0 aliphatic carbocycles. The van der Waals surface area contributed by atoms with E-state index in [0.29, 0.717) is 0 Å². The van der Waals surface area contributed by atoms with Crippen molar-refractivity contribution in [1.82, 2.24) is 9.97 Å². The Bertz CT molecular complexity index is 776. The van der Waals surface area contributed by atoms with E-state index in [2.05, 4.69) is 51.7 Å². The molecule has 2 heterocycles. The summed E-state index contributed by atoms with van der Waals surface area (Å²) >= 11 is 1.54. The van der Waals surface area contributed by atoms with Gasteiger partial charge in [-0.1, -0.05) is 35.9 Å². The van der Waals surface area contributed by atoms with Crippen LogP contribution >= 0.6 is 11.3 Å². The molecule has 0 bridgehead atoms. The van der Waals surface area contributed by atoms with Gasteiger partial charge in [-0.25, -0.2) is 4.98 Å². The monoisotopic (exact) mass is 308 g/mol. The smallest absolute Gasteiger partial charge is 0.203 e. The summed E-state index contributed by atoms with van der Waals surface area (Å²) in [6.45, 7) is 4.00. The zero-order chi connectivity index (χ0) is 15.4. The number of aryl methyl sites for hydroxylation is 1. The van der Waals surface area contributed by atoms with Gasteiger partial charge in [-0.15, -0.1) is 11.3 Å². The highest BCUT2D eigenvalue weighted by molar-refractivity contribution is 7.14. The van der Waals surface area contributed by atoms with Gasteiger partial charge in [0.25, 0.3) is 0 Å². The minimum Gasteiger partial charge on any atom is -0.255 e. The zero-order valence-electron chi connectivity index (χ0n) is 12.4. The average molecular weight is 308 g/mol. The Morgan fingerprint density at radius 3 is 2.68 bits per heavy atom. The number of rotatable bonds is 4. The molecule has 1 aromatic carbocycles. The fraction of sp³-hybridized carbons (Fsp3) is 0.118. The van der Waals surface area contributed by atoms with Crippen LogP contribution in [0.15, 0.2) is 59.1 Å².